The number of amides is 1. The highest BCUT2D eigenvalue weighted by molar-refractivity contribution is 5.78. The molecule has 1 saturated carbocycles. The van der Waals surface area contributed by atoms with Crippen LogP contribution in [0.3, 0.4) is 0 Å². The molecule has 0 aromatic carbocycles. The van der Waals surface area contributed by atoms with Crippen LogP contribution in [0.5, 0.6) is 0 Å². The zero-order valence-electron chi connectivity index (χ0n) is 12.0. The van der Waals surface area contributed by atoms with Gasteiger partial charge in [0, 0.05) is 19.1 Å². The van der Waals surface area contributed by atoms with Crippen molar-refractivity contribution in [3.05, 3.63) is 0 Å². The molecule has 106 valence electrons. The average molecular weight is 255 g/mol. The minimum absolute atomic E-state index is 0.189. The van der Waals surface area contributed by atoms with Gasteiger partial charge in [0.15, 0.2) is 0 Å². The monoisotopic (exact) mass is 255 g/mol. The van der Waals surface area contributed by atoms with E-state index in [1.54, 1.807) is 0 Å². The molecule has 1 fully saturated rings. The Balaban J connectivity index is 2.34. The van der Waals surface area contributed by atoms with Crippen LogP contribution in [0.25, 0.3) is 0 Å². The number of aliphatic hydroxyl groups excluding tert-OH is 1. The van der Waals surface area contributed by atoms with E-state index in [4.69, 9.17) is 0 Å². The molecular formula is C15H29NO2. The van der Waals surface area contributed by atoms with Gasteiger partial charge in [-0.2, -0.15) is 0 Å². The van der Waals surface area contributed by atoms with E-state index in [0.717, 1.165) is 45.1 Å². The molecule has 1 rings (SSSR count). The van der Waals surface area contributed by atoms with Gasteiger partial charge in [-0.1, -0.05) is 33.1 Å². The second-order valence-corrected chi connectivity index (χ2v) is 5.65. The van der Waals surface area contributed by atoms with Crippen molar-refractivity contribution in [2.45, 2.75) is 58.8 Å². The van der Waals surface area contributed by atoms with Gasteiger partial charge in [-0.3, -0.25) is 4.79 Å². The van der Waals surface area contributed by atoms with Crippen molar-refractivity contribution in [3.63, 3.8) is 0 Å². The molecule has 0 aliphatic heterocycles. The van der Waals surface area contributed by atoms with Crippen molar-refractivity contribution < 1.29 is 9.90 Å². The molecule has 0 bridgehead atoms. The highest BCUT2D eigenvalue weighted by atomic mass is 16.3. The van der Waals surface area contributed by atoms with Crippen LogP contribution in [0, 0.1) is 17.8 Å². The van der Waals surface area contributed by atoms with Gasteiger partial charge >= 0.3 is 0 Å². The first-order chi connectivity index (χ1) is 8.72. The molecule has 0 aromatic heterocycles. The Labute approximate surface area is 111 Å². The topological polar surface area (TPSA) is 49.3 Å². The molecule has 2 atom stereocenters. The lowest BCUT2D eigenvalue weighted by Crippen LogP contribution is -2.35. The maximum Gasteiger partial charge on any atom is 0.223 e. The Morgan fingerprint density at radius 1 is 1.22 bits per heavy atom. The lowest BCUT2D eigenvalue weighted by atomic mass is 9.95. The third kappa shape index (κ3) is 4.60. The Hall–Kier alpha value is -0.570. The minimum Gasteiger partial charge on any atom is -0.396 e. The number of carbonyl (C=O) groups is 1. The van der Waals surface area contributed by atoms with Gasteiger partial charge in [0.2, 0.25) is 5.91 Å². The van der Waals surface area contributed by atoms with Gasteiger partial charge in [-0.15, -0.1) is 0 Å². The van der Waals surface area contributed by atoms with Gasteiger partial charge in [-0.05, 0) is 37.5 Å². The standard InChI is InChI=1S/C15H29NO2/c1-3-6-12(7-4-2)15(18)16-10-13-8-5-9-14(13)11-17/h12-14,17H,3-11H2,1-2H3,(H,16,18). The molecule has 1 aliphatic carbocycles. The number of carbonyl (C=O) groups excluding carboxylic acids is 1. The molecule has 18 heavy (non-hydrogen) atoms. The van der Waals surface area contributed by atoms with Gasteiger partial charge < -0.3 is 10.4 Å². The summed E-state index contributed by atoms with van der Waals surface area (Å²) in [6, 6.07) is 0. The molecular weight excluding hydrogens is 226 g/mol. The van der Waals surface area contributed by atoms with Gasteiger partial charge in [-0.25, -0.2) is 0 Å². The van der Waals surface area contributed by atoms with E-state index < -0.39 is 0 Å². The third-order valence-electron chi connectivity index (χ3n) is 4.23. The molecule has 0 heterocycles. The molecule has 0 saturated heterocycles. The first-order valence-corrected chi connectivity index (χ1v) is 7.61. The maximum absolute atomic E-state index is 12.1. The number of nitrogens with one attached hydrogen (secondary N) is 1. The first kappa shape index (κ1) is 15.5. The van der Waals surface area contributed by atoms with Crippen molar-refractivity contribution in [2.75, 3.05) is 13.2 Å². The molecule has 1 aliphatic rings. The van der Waals surface area contributed by atoms with Crippen molar-refractivity contribution in [1.29, 1.82) is 0 Å². The molecule has 0 radical (unpaired) electrons. The van der Waals surface area contributed by atoms with E-state index in [2.05, 4.69) is 19.2 Å². The van der Waals surface area contributed by atoms with Crippen LogP contribution in [-0.4, -0.2) is 24.2 Å². The van der Waals surface area contributed by atoms with E-state index in [1.807, 2.05) is 0 Å². The van der Waals surface area contributed by atoms with Crippen LogP contribution in [-0.2, 0) is 4.79 Å². The zero-order chi connectivity index (χ0) is 13.4. The zero-order valence-corrected chi connectivity index (χ0v) is 12.0. The number of hydrogen-bond acceptors (Lipinski definition) is 2. The van der Waals surface area contributed by atoms with Crippen molar-refractivity contribution in [3.8, 4) is 0 Å². The molecule has 3 nitrogen and oxygen atoms in total. The molecule has 2 N–H and O–H groups in total. The van der Waals surface area contributed by atoms with E-state index in [9.17, 15) is 9.90 Å². The second-order valence-electron chi connectivity index (χ2n) is 5.65. The smallest absolute Gasteiger partial charge is 0.223 e. The SMILES string of the molecule is CCCC(CCC)C(=O)NCC1CCCC1CO. The summed E-state index contributed by atoms with van der Waals surface area (Å²) in [5.74, 6) is 1.31. The average Bonchev–Trinajstić information content (AvgIpc) is 2.83. The van der Waals surface area contributed by atoms with Crippen LogP contribution in [0.4, 0.5) is 0 Å². The molecule has 0 spiro atoms. The summed E-state index contributed by atoms with van der Waals surface area (Å²) in [6.07, 6.45) is 7.59. The van der Waals surface area contributed by atoms with Gasteiger partial charge in [0.25, 0.3) is 0 Å². The maximum atomic E-state index is 12.1. The number of rotatable bonds is 8. The Kier molecular flexibility index (Phi) is 7.33. The molecule has 2 unspecified atom stereocenters. The Morgan fingerprint density at radius 2 is 1.83 bits per heavy atom. The lowest BCUT2D eigenvalue weighted by molar-refractivity contribution is -0.125. The highest BCUT2D eigenvalue weighted by Gasteiger charge is 2.27. The molecule has 3 heteroatoms. The fourth-order valence-electron chi connectivity index (χ4n) is 3.10. The van der Waals surface area contributed by atoms with E-state index in [0.29, 0.717) is 11.8 Å². The summed E-state index contributed by atoms with van der Waals surface area (Å²) < 4.78 is 0. The predicted octanol–water partition coefficient (Wildman–Crippen LogP) is 2.73. The van der Waals surface area contributed by atoms with Crippen LogP contribution in [0.15, 0.2) is 0 Å². The van der Waals surface area contributed by atoms with E-state index in [1.165, 1.54) is 6.42 Å². The van der Waals surface area contributed by atoms with E-state index in [-0.39, 0.29) is 18.4 Å². The summed E-state index contributed by atoms with van der Waals surface area (Å²) in [4.78, 5) is 12.1. The number of aliphatic hydroxyl groups is 1. The van der Waals surface area contributed by atoms with Crippen LogP contribution in [0.1, 0.15) is 58.8 Å². The number of hydrogen-bond donors (Lipinski definition) is 2. The first-order valence-electron chi connectivity index (χ1n) is 7.61. The predicted molar refractivity (Wildman–Crippen MR) is 74.2 cm³/mol. The lowest BCUT2D eigenvalue weighted by Gasteiger charge is -2.20. The fourth-order valence-corrected chi connectivity index (χ4v) is 3.10. The largest absolute Gasteiger partial charge is 0.396 e. The minimum atomic E-state index is 0.189. The summed E-state index contributed by atoms with van der Waals surface area (Å²) in [5.41, 5.74) is 0. The van der Waals surface area contributed by atoms with Crippen LogP contribution >= 0.6 is 0 Å². The van der Waals surface area contributed by atoms with Crippen molar-refractivity contribution >= 4 is 5.91 Å². The fraction of sp³-hybridized carbons (Fsp3) is 0.933. The highest BCUT2D eigenvalue weighted by Crippen LogP contribution is 2.30. The quantitative estimate of drug-likeness (QED) is 0.700. The van der Waals surface area contributed by atoms with Crippen LogP contribution < -0.4 is 5.32 Å². The summed E-state index contributed by atoms with van der Waals surface area (Å²) in [6.45, 7) is 5.30. The van der Waals surface area contributed by atoms with Gasteiger partial charge in [0.1, 0.15) is 0 Å². The Bertz CT molecular complexity index is 237. The van der Waals surface area contributed by atoms with E-state index >= 15 is 0 Å². The van der Waals surface area contributed by atoms with Crippen LogP contribution in [0.2, 0.25) is 0 Å². The van der Waals surface area contributed by atoms with Gasteiger partial charge in [0.05, 0.1) is 0 Å². The summed E-state index contributed by atoms with van der Waals surface area (Å²) in [5, 5.41) is 12.4. The normalized spacial score (nSPS) is 23.6. The summed E-state index contributed by atoms with van der Waals surface area (Å²) >= 11 is 0. The Morgan fingerprint density at radius 3 is 2.39 bits per heavy atom. The summed E-state index contributed by atoms with van der Waals surface area (Å²) in [7, 11) is 0. The third-order valence-corrected chi connectivity index (χ3v) is 4.23. The van der Waals surface area contributed by atoms with Crippen molar-refractivity contribution in [2.24, 2.45) is 17.8 Å². The van der Waals surface area contributed by atoms with Crippen molar-refractivity contribution in [1.82, 2.24) is 5.32 Å². The molecule has 0 aromatic rings. The second kappa shape index (κ2) is 8.52. The molecule has 1 amide bonds.